The molecule has 0 bridgehead atoms. The first-order valence-electron chi connectivity index (χ1n) is 9.79. The molecule has 1 saturated heterocycles. The number of piperidine rings is 1. The van der Waals surface area contributed by atoms with Gasteiger partial charge in [-0.2, -0.15) is 13.2 Å². The van der Waals surface area contributed by atoms with Gasteiger partial charge in [0.15, 0.2) is 0 Å². The zero-order valence-electron chi connectivity index (χ0n) is 16.6. The van der Waals surface area contributed by atoms with E-state index in [2.05, 4.69) is 15.6 Å². The molecular weight excluding hydrogens is 416 g/mol. The van der Waals surface area contributed by atoms with Gasteiger partial charge in [0.2, 0.25) is 11.8 Å². The summed E-state index contributed by atoms with van der Waals surface area (Å²) in [5.41, 5.74) is -0.278. The molecule has 2 amide bonds. The second-order valence-electron chi connectivity index (χ2n) is 7.32. The van der Waals surface area contributed by atoms with Crippen LogP contribution in [0.3, 0.4) is 0 Å². The number of anilines is 1. The summed E-state index contributed by atoms with van der Waals surface area (Å²) in [4.78, 5) is 29.8. The van der Waals surface area contributed by atoms with E-state index in [1.165, 1.54) is 24.3 Å². The Balaban J connectivity index is 1.39. The van der Waals surface area contributed by atoms with Crippen molar-refractivity contribution >= 4 is 17.6 Å². The van der Waals surface area contributed by atoms with Crippen LogP contribution in [0.2, 0.25) is 0 Å². The molecule has 2 N–H and O–H groups in total. The Morgan fingerprint density at radius 1 is 1.10 bits per heavy atom. The van der Waals surface area contributed by atoms with Crippen molar-refractivity contribution in [3.05, 3.63) is 59.5 Å². The SMILES string of the molecule is O=C(Cc1cccc(F)c1)NCC(=O)NC1CCN(c2ccc(C(F)(F)F)cn2)CC1. The molecule has 1 aromatic heterocycles. The van der Waals surface area contributed by atoms with Gasteiger partial charge in [0.25, 0.3) is 0 Å². The Kier molecular flexibility index (Phi) is 7.09. The van der Waals surface area contributed by atoms with Gasteiger partial charge in [0, 0.05) is 25.3 Å². The molecule has 0 aliphatic carbocycles. The van der Waals surface area contributed by atoms with E-state index in [-0.39, 0.29) is 30.8 Å². The van der Waals surface area contributed by atoms with E-state index in [1.807, 2.05) is 4.90 Å². The molecule has 0 spiro atoms. The second kappa shape index (κ2) is 9.76. The van der Waals surface area contributed by atoms with E-state index < -0.39 is 17.6 Å². The average Bonchev–Trinajstić information content (AvgIpc) is 2.72. The molecule has 1 aromatic carbocycles. The third-order valence-corrected chi connectivity index (χ3v) is 4.96. The largest absolute Gasteiger partial charge is 0.417 e. The number of aromatic nitrogens is 1. The molecule has 2 aromatic rings. The number of alkyl halides is 3. The lowest BCUT2D eigenvalue weighted by Gasteiger charge is -2.33. The molecule has 6 nitrogen and oxygen atoms in total. The number of amides is 2. The first-order valence-corrected chi connectivity index (χ1v) is 9.79. The van der Waals surface area contributed by atoms with Crippen molar-refractivity contribution in [2.45, 2.75) is 31.5 Å². The Labute approximate surface area is 176 Å². The number of nitrogens with zero attached hydrogens (tertiary/aromatic N) is 2. The van der Waals surface area contributed by atoms with Crippen molar-refractivity contribution in [3.8, 4) is 0 Å². The van der Waals surface area contributed by atoms with Crippen LogP contribution in [0.25, 0.3) is 0 Å². The Bertz CT molecular complexity index is 910. The van der Waals surface area contributed by atoms with Crippen molar-refractivity contribution in [1.29, 1.82) is 0 Å². The maximum atomic E-state index is 13.1. The van der Waals surface area contributed by atoms with Gasteiger partial charge in [-0.05, 0) is 42.7 Å². The standard InChI is InChI=1S/C21H22F4N4O2/c22-16-3-1-2-14(10-16)11-19(30)27-13-20(31)28-17-6-8-29(9-7-17)18-5-4-15(12-26-18)21(23,24)25/h1-5,10,12,17H,6-9,11,13H2,(H,27,30)(H,28,31). The lowest BCUT2D eigenvalue weighted by atomic mass is 10.0. The Hall–Kier alpha value is -3.17. The number of rotatable bonds is 6. The van der Waals surface area contributed by atoms with Gasteiger partial charge >= 0.3 is 6.18 Å². The second-order valence-corrected chi connectivity index (χ2v) is 7.32. The number of hydrogen-bond acceptors (Lipinski definition) is 4. The molecule has 0 saturated carbocycles. The summed E-state index contributed by atoms with van der Waals surface area (Å²) >= 11 is 0. The van der Waals surface area contributed by atoms with E-state index >= 15 is 0 Å². The number of benzene rings is 1. The third kappa shape index (κ3) is 6.66. The first kappa shape index (κ1) is 22.5. The molecule has 10 heteroatoms. The normalized spacial score (nSPS) is 14.9. The molecule has 166 valence electrons. The van der Waals surface area contributed by atoms with E-state index in [0.29, 0.717) is 37.3 Å². The fourth-order valence-electron chi connectivity index (χ4n) is 3.35. The summed E-state index contributed by atoms with van der Waals surface area (Å²) in [6.45, 7) is 0.888. The summed E-state index contributed by atoms with van der Waals surface area (Å²) < 4.78 is 51.1. The van der Waals surface area contributed by atoms with Crippen molar-refractivity contribution in [2.24, 2.45) is 0 Å². The topological polar surface area (TPSA) is 74.3 Å². The van der Waals surface area contributed by atoms with Gasteiger partial charge in [-0.1, -0.05) is 12.1 Å². The van der Waals surface area contributed by atoms with Crippen LogP contribution in [0.1, 0.15) is 24.0 Å². The van der Waals surface area contributed by atoms with Crippen LogP contribution in [0.5, 0.6) is 0 Å². The number of pyridine rings is 1. The van der Waals surface area contributed by atoms with E-state index in [1.54, 1.807) is 6.07 Å². The van der Waals surface area contributed by atoms with Gasteiger partial charge in [-0.15, -0.1) is 0 Å². The molecule has 0 atom stereocenters. The van der Waals surface area contributed by atoms with Crippen molar-refractivity contribution < 1.29 is 27.2 Å². The van der Waals surface area contributed by atoms with Crippen LogP contribution in [0.15, 0.2) is 42.6 Å². The fourth-order valence-corrected chi connectivity index (χ4v) is 3.35. The number of carbonyl (C=O) groups is 2. The summed E-state index contributed by atoms with van der Waals surface area (Å²) in [6, 6.07) is 7.93. The third-order valence-electron chi connectivity index (χ3n) is 4.96. The smallest absolute Gasteiger partial charge is 0.356 e. The molecule has 2 heterocycles. The van der Waals surface area contributed by atoms with E-state index in [9.17, 15) is 27.2 Å². The summed E-state index contributed by atoms with van der Waals surface area (Å²) in [6.07, 6.45) is -2.42. The van der Waals surface area contributed by atoms with Crippen LogP contribution in [0.4, 0.5) is 23.4 Å². The number of halogens is 4. The van der Waals surface area contributed by atoms with Crippen molar-refractivity contribution in [1.82, 2.24) is 15.6 Å². The van der Waals surface area contributed by atoms with E-state index in [0.717, 1.165) is 12.3 Å². The number of carbonyl (C=O) groups excluding carboxylic acids is 2. The molecule has 1 aliphatic rings. The minimum absolute atomic E-state index is 0.0242. The van der Waals surface area contributed by atoms with Gasteiger partial charge in [0.1, 0.15) is 11.6 Å². The van der Waals surface area contributed by atoms with Crippen LogP contribution < -0.4 is 15.5 Å². The van der Waals surface area contributed by atoms with Gasteiger partial charge < -0.3 is 15.5 Å². The maximum Gasteiger partial charge on any atom is 0.417 e. The van der Waals surface area contributed by atoms with Crippen LogP contribution >= 0.6 is 0 Å². The predicted octanol–water partition coefficient (Wildman–Crippen LogP) is 2.68. The lowest BCUT2D eigenvalue weighted by Crippen LogP contribution is -2.47. The van der Waals surface area contributed by atoms with Crippen LogP contribution in [-0.2, 0) is 22.2 Å². The van der Waals surface area contributed by atoms with Crippen LogP contribution in [0, 0.1) is 5.82 Å². The minimum Gasteiger partial charge on any atom is -0.356 e. The molecule has 1 fully saturated rings. The number of nitrogens with one attached hydrogen (secondary N) is 2. The van der Waals surface area contributed by atoms with E-state index in [4.69, 9.17) is 0 Å². The first-order chi connectivity index (χ1) is 14.7. The fraction of sp³-hybridized carbons (Fsp3) is 0.381. The summed E-state index contributed by atoms with van der Waals surface area (Å²) in [5.74, 6) is -0.689. The summed E-state index contributed by atoms with van der Waals surface area (Å²) in [7, 11) is 0. The highest BCUT2D eigenvalue weighted by molar-refractivity contribution is 5.85. The Morgan fingerprint density at radius 2 is 1.84 bits per heavy atom. The zero-order chi connectivity index (χ0) is 22.4. The quantitative estimate of drug-likeness (QED) is 0.681. The number of hydrogen-bond donors (Lipinski definition) is 2. The monoisotopic (exact) mass is 438 g/mol. The molecule has 0 unspecified atom stereocenters. The maximum absolute atomic E-state index is 13.1. The molecule has 1 aliphatic heterocycles. The average molecular weight is 438 g/mol. The highest BCUT2D eigenvalue weighted by Gasteiger charge is 2.31. The van der Waals surface area contributed by atoms with Gasteiger partial charge in [-0.3, -0.25) is 9.59 Å². The summed E-state index contributed by atoms with van der Waals surface area (Å²) in [5, 5.41) is 5.35. The lowest BCUT2D eigenvalue weighted by molar-refractivity contribution is -0.137. The molecule has 31 heavy (non-hydrogen) atoms. The highest BCUT2D eigenvalue weighted by Crippen LogP contribution is 2.29. The van der Waals surface area contributed by atoms with Crippen LogP contribution in [-0.4, -0.2) is 42.5 Å². The van der Waals surface area contributed by atoms with Gasteiger partial charge in [0.05, 0.1) is 18.5 Å². The molecular formula is C21H22F4N4O2. The van der Waals surface area contributed by atoms with Crippen molar-refractivity contribution in [3.63, 3.8) is 0 Å². The zero-order valence-corrected chi connectivity index (χ0v) is 16.6. The molecule has 0 radical (unpaired) electrons. The molecule has 3 rings (SSSR count). The van der Waals surface area contributed by atoms with Crippen molar-refractivity contribution in [2.75, 3.05) is 24.5 Å². The predicted molar refractivity (Wildman–Crippen MR) is 106 cm³/mol. The minimum atomic E-state index is -4.42. The Morgan fingerprint density at radius 3 is 2.45 bits per heavy atom. The highest BCUT2D eigenvalue weighted by atomic mass is 19.4. The van der Waals surface area contributed by atoms with Gasteiger partial charge in [-0.25, -0.2) is 9.37 Å².